The lowest BCUT2D eigenvalue weighted by Crippen LogP contribution is -2.51. The minimum atomic E-state index is 0.388. The highest BCUT2D eigenvalue weighted by Gasteiger charge is 2.43. The summed E-state index contributed by atoms with van der Waals surface area (Å²) in [5.41, 5.74) is 0.426. The number of rotatable bonds is 2. The molecule has 0 amide bonds. The molecule has 2 rings (SSSR count). The molecule has 0 aromatic rings. The van der Waals surface area contributed by atoms with Crippen molar-refractivity contribution in [1.29, 1.82) is 0 Å². The molecule has 1 N–H and O–H groups in total. The zero-order valence-electron chi connectivity index (χ0n) is 11.8. The molecule has 3 nitrogen and oxygen atoms in total. The highest BCUT2D eigenvalue weighted by molar-refractivity contribution is 5.00. The Morgan fingerprint density at radius 1 is 1.35 bits per heavy atom. The molecule has 3 heteroatoms. The van der Waals surface area contributed by atoms with E-state index in [4.69, 9.17) is 4.74 Å². The van der Waals surface area contributed by atoms with Crippen molar-refractivity contribution in [3.8, 4) is 0 Å². The van der Waals surface area contributed by atoms with Gasteiger partial charge < -0.3 is 10.1 Å². The highest BCUT2D eigenvalue weighted by atomic mass is 16.5. The standard InChI is InChI=1S/C14H28N2O/c1-11-10-16(8-5-9-17-11)12-6-7-14(2,3)13(12)15-4/h11-13,15H,5-10H2,1-4H3. The van der Waals surface area contributed by atoms with Gasteiger partial charge in [0.25, 0.3) is 0 Å². The molecule has 0 aromatic carbocycles. The summed E-state index contributed by atoms with van der Waals surface area (Å²) in [7, 11) is 2.11. The fourth-order valence-electron chi connectivity index (χ4n) is 3.67. The van der Waals surface area contributed by atoms with E-state index in [1.54, 1.807) is 0 Å². The molecule has 3 unspecified atom stereocenters. The Hall–Kier alpha value is -0.120. The monoisotopic (exact) mass is 240 g/mol. The predicted octanol–water partition coefficient (Wildman–Crippen LogP) is 1.87. The minimum Gasteiger partial charge on any atom is -0.377 e. The Kier molecular flexibility index (Phi) is 4.11. The molecule has 1 saturated carbocycles. The van der Waals surface area contributed by atoms with Crippen LogP contribution in [-0.2, 0) is 4.74 Å². The van der Waals surface area contributed by atoms with Gasteiger partial charge in [0.05, 0.1) is 6.10 Å². The molecule has 3 atom stereocenters. The number of nitrogens with one attached hydrogen (secondary N) is 1. The van der Waals surface area contributed by atoms with E-state index in [-0.39, 0.29) is 0 Å². The van der Waals surface area contributed by atoms with Crippen LogP contribution in [0, 0.1) is 5.41 Å². The van der Waals surface area contributed by atoms with Crippen LogP contribution >= 0.6 is 0 Å². The lowest BCUT2D eigenvalue weighted by Gasteiger charge is -2.37. The summed E-state index contributed by atoms with van der Waals surface area (Å²) in [4.78, 5) is 2.66. The average Bonchev–Trinajstić information content (AvgIpc) is 2.45. The Labute approximate surface area is 106 Å². The Bertz CT molecular complexity index is 255. The molecule has 1 aliphatic carbocycles. The second-order valence-corrected chi connectivity index (χ2v) is 6.39. The smallest absolute Gasteiger partial charge is 0.0674 e. The van der Waals surface area contributed by atoms with Crippen LogP contribution in [0.15, 0.2) is 0 Å². The maximum Gasteiger partial charge on any atom is 0.0674 e. The average molecular weight is 240 g/mol. The van der Waals surface area contributed by atoms with Crippen LogP contribution in [0.5, 0.6) is 0 Å². The third kappa shape index (κ3) is 2.83. The molecule has 0 radical (unpaired) electrons. The fourth-order valence-corrected chi connectivity index (χ4v) is 3.67. The number of ether oxygens (including phenoxy) is 1. The maximum atomic E-state index is 5.75. The van der Waals surface area contributed by atoms with Crippen LogP contribution in [0.25, 0.3) is 0 Å². The zero-order chi connectivity index (χ0) is 12.5. The van der Waals surface area contributed by atoms with Crippen molar-refractivity contribution in [2.24, 2.45) is 5.41 Å². The van der Waals surface area contributed by atoms with Gasteiger partial charge in [-0.2, -0.15) is 0 Å². The molecule has 0 aromatic heterocycles. The van der Waals surface area contributed by atoms with Gasteiger partial charge in [0.1, 0.15) is 0 Å². The predicted molar refractivity (Wildman–Crippen MR) is 71.3 cm³/mol. The van der Waals surface area contributed by atoms with Crippen LogP contribution in [0.3, 0.4) is 0 Å². The van der Waals surface area contributed by atoms with E-state index in [9.17, 15) is 0 Å². The van der Waals surface area contributed by atoms with E-state index >= 15 is 0 Å². The summed E-state index contributed by atoms with van der Waals surface area (Å²) in [6, 6.07) is 1.31. The van der Waals surface area contributed by atoms with E-state index in [2.05, 4.69) is 38.0 Å². The molecular weight excluding hydrogens is 212 g/mol. The molecule has 0 spiro atoms. The molecule has 2 fully saturated rings. The topological polar surface area (TPSA) is 24.5 Å². The first-order chi connectivity index (χ1) is 8.04. The van der Waals surface area contributed by atoms with Gasteiger partial charge in [-0.25, -0.2) is 0 Å². The SMILES string of the molecule is CNC1C(N2CCCOC(C)C2)CCC1(C)C. The Balaban J connectivity index is 2.05. The fraction of sp³-hybridized carbons (Fsp3) is 1.00. The first kappa shape index (κ1) is 13.3. The first-order valence-corrected chi connectivity index (χ1v) is 7.07. The Morgan fingerprint density at radius 3 is 2.82 bits per heavy atom. The summed E-state index contributed by atoms with van der Waals surface area (Å²) < 4.78 is 5.75. The largest absolute Gasteiger partial charge is 0.377 e. The summed E-state index contributed by atoms with van der Waals surface area (Å²) in [5.74, 6) is 0. The van der Waals surface area contributed by atoms with Gasteiger partial charge in [-0.3, -0.25) is 4.90 Å². The van der Waals surface area contributed by atoms with Gasteiger partial charge in [-0.05, 0) is 38.6 Å². The highest BCUT2D eigenvalue weighted by Crippen LogP contribution is 2.40. The lowest BCUT2D eigenvalue weighted by molar-refractivity contribution is 0.0562. The van der Waals surface area contributed by atoms with Crippen molar-refractivity contribution in [1.82, 2.24) is 10.2 Å². The van der Waals surface area contributed by atoms with Crippen LogP contribution in [0.2, 0.25) is 0 Å². The minimum absolute atomic E-state index is 0.388. The van der Waals surface area contributed by atoms with Gasteiger partial charge in [-0.15, -0.1) is 0 Å². The Morgan fingerprint density at radius 2 is 2.12 bits per heavy atom. The van der Waals surface area contributed by atoms with Crippen molar-refractivity contribution in [2.75, 3.05) is 26.7 Å². The van der Waals surface area contributed by atoms with Crippen molar-refractivity contribution in [2.45, 2.75) is 58.2 Å². The first-order valence-electron chi connectivity index (χ1n) is 7.07. The van der Waals surface area contributed by atoms with Gasteiger partial charge in [0.15, 0.2) is 0 Å². The number of likely N-dealkylation sites (N-methyl/N-ethyl adjacent to an activating group) is 1. The number of hydrogen-bond donors (Lipinski definition) is 1. The quantitative estimate of drug-likeness (QED) is 0.797. The van der Waals surface area contributed by atoms with E-state index in [1.807, 2.05) is 0 Å². The van der Waals surface area contributed by atoms with Crippen LogP contribution in [0.1, 0.15) is 40.0 Å². The third-order valence-electron chi connectivity index (χ3n) is 4.57. The summed E-state index contributed by atoms with van der Waals surface area (Å²) in [6.07, 6.45) is 4.22. The van der Waals surface area contributed by atoms with Gasteiger partial charge in [0.2, 0.25) is 0 Å². The normalized spacial score (nSPS) is 39.2. The van der Waals surface area contributed by atoms with Gasteiger partial charge in [0, 0.05) is 31.8 Å². The van der Waals surface area contributed by atoms with E-state index in [0.717, 1.165) is 13.2 Å². The lowest BCUT2D eigenvalue weighted by atomic mass is 9.86. The van der Waals surface area contributed by atoms with E-state index in [1.165, 1.54) is 25.8 Å². The van der Waals surface area contributed by atoms with Crippen molar-refractivity contribution < 1.29 is 4.74 Å². The summed E-state index contributed by atoms with van der Waals surface area (Å²) in [5, 5.41) is 3.55. The number of nitrogens with zero attached hydrogens (tertiary/aromatic N) is 1. The molecule has 2 aliphatic rings. The number of hydrogen-bond acceptors (Lipinski definition) is 3. The molecule has 0 bridgehead atoms. The van der Waals surface area contributed by atoms with Crippen molar-refractivity contribution in [3.63, 3.8) is 0 Å². The second-order valence-electron chi connectivity index (χ2n) is 6.39. The van der Waals surface area contributed by atoms with Gasteiger partial charge >= 0.3 is 0 Å². The van der Waals surface area contributed by atoms with Crippen molar-refractivity contribution in [3.05, 3.63) is 0 Å². The molecule has 100 valence electrons. The molecular formula is C14H28N2O. The molecule has 17 heavy (non-hydrogen) atoms. The van der Waals surface area contributed by atoms with Gasteiger partial charge in [-0.1, -0.05) is 13.8 Å². The van der Waals surface area contributed by atoms with Crippen LogP contribution in [0.4, 0.5) is 0 Å². The molecule has 1 aliphatic heterocycles. The molecule has 1 heterocycles. The second kappa shape index (κ2) is 5.25. The van der Waals surface area contributed by atoms with Crippen LogP contribution < -0.4 is 5.32 Å². The third-order valence-corrected chi connectivity index (χ3v) is 4.57. The zero-order valence-corrected chi connectivity index (χ0v) is 11.8. The maximum absolute atomic E-state index is 5.75. The van der Waals surface area contributed by atoms with Crippen molar-refractivity contribution >= 4 is 0 Å². The molecule has 1 saturated heterocycles. The van der Waals surface area contributed by atoms with E-state index < -0.39 is 0 Å². The van der Waals surface area contributed by atoms with E-state index in [0.29, 0.717) is 23.6 Å². The van der Waals surface area contributed by atoms with Crippen LogP contribution in [-0.4, -0.2) is 49.8 Å². The summed E-state index contributed by atoms with van der Waals surface area (Å²) in [6.45, 7) is 10.2. The summed E-state index contributed by atoms with van der Waals surface area (Å²) >= 11 is 0.